The van der Waals surface area contributed by atoms with Crippen molar-refractivity contribution in [2.24, 2.45) is 5.92 Å². The van der Waals surface area contributed by atoms with Crippen molar-refractivity contribution in [2.45, 2.75) is 32.0 Å². The first kappa shape index (κ1) is 24.3. The number of rotatable bonds is 7. The summed E-state index contributed by atoms with van der Waals surface area (Å²) in [6, 6.07) is 8.29. The number of halogens is 4. The summed E-state index contributed by atoms with van der Waals surface area (Å²) in [5.74, 6) is -2.32. The van der Waals surface area contributed by atoms with Gasteiger partial charge in [0, 0.05) is 19.3 Å². The van der Waals surface area contributed by atoms with E-state index < -0.39 is 35.5 Å². The summed E-state index contributed by atoms with van der Waals surface area (Å²) in [6.07, 6.45) is -3.34. The molecule has 11 heteroatoms. The van der Waals surface area contributed by atoms with Gasteiger partial charge in [0.25, 0.3) is 0 Å². The van der Waals surface area contributed by atoms with Gasteiger partial charge < -0.3 is 14.4 Å². The number of pyridine rings is 1. The molecule has 1 saturated heterocycles. The van der Waals surface area contributed by atoms with Crippen molar-refractivity contribution in [3.63, 3.8) is 0 Å². The van der Waals surface area contributed by atoms with Gasteiger partial charge in [-0.2, -0.15) is 18.4 Å². The predicted octanol–water partition coefficient (Wildman–Crippen LogP) is 4.64. The van der Waals surface area contributed by atoms with Crippen molar-refractivity contribution in [3.05, 3.63) is 47.1 Å². The molecule has 1 aliphatic rings. The lowest BCUT2D eigenvalue weighted by Crippen LogP contribution is -2.41. The Hall–Kier alpha value is -3.32. The van der Waals surface area contributed by atoms with Crippen LogP contribution in [0.3, 0.4) is 0 Å². The van der Waals surface area contributed by atoms with Crippen LogP contribution in [0.5, 0.6) is 17.4 Å². The molecule has 2 unspecified atom stereocenters. The van der Waals surface area contributed by atoms with Crippen LogP contribution in [0.4, 0.5) is 13.2 Å². The lowest BCUT2D eigenvalue weighted by Gasteiger charge is -2.21. The van der Waals surface area contributed by atoms with Gasteiger partial charge in [-0.05, 0) is 50.1 Å². The third kappa shape index (κ3) is 5.93. The van der Waals surface area contributed by atoms with Crippen molar-refractivity contribution >= 4 is 23.3 Å². The molecular formula is C22H19ClF3N3O4. The monoisotopic (exact) mass is 481 g/mol. The van der Waals surface area contributed by atoms with Crippen LogP contribution in [0, 0.1) is 17.2 Å². The first-order valence-corrected chi connectivity index (χ1v) is 10.4. The van der Waals surface area contributed by atoms with E-state index in [1.807, 2.05) is 0 Å². The first-order valence-electron chi connectivity index (χ1n) is 9.99. The number of hydrogen-bond acceptors (Lipinski definition) is 6. The molecule has 3 rings (SSSR count). The summed E-state index contributed by atoms with van der Waals surface area (Å²) in [4.78, 5) is 30.1. The van der Waals surface area contributed by atoms with E-state index in [9.17, 15) is 28.0 Å². The minimum Gasteiger partial charge on any atom is -0.483 e. The van der Waals surface area contributed by atoms with Gasteiger partial charge in [0.05, 0.1) is 11.6 Å². The number of carbonyl (C=O) groups excluding carboxylic acids is 2. The van der Waals surface area contributed by atoms with Gasteiger partial charge in [-0.1, -0.05) is 11.6 Å². The zero-order valence-electron chi connectivity index (χ0n) is 17.4. The number of benzene rings is 1. The second-order valence-electron chi connectivity index (χ2n) is 7.34. The maximum Gasteiger partial charge on any atom is 0.417 e. The minimum atomic E-state index is -4.58. The quantitative estimate of drug-likeness (QED) is 0.535. The number of amides is 1. The largest absolute Gasteiger partial charge is 0.483 e. The fourth-order valence-corrected chi connectivity index (χ4v) is 3.42. The Bertz CT molecular complexity index is 1060. The Balaban J connectivity index is 1.62. The van der Waals surface area contributed by atoms with Crippen LogP contribution in [0.1, 0.15) is 25.3 Å². The topological polar surface area (TPSA) is 92.5 Å². The number of nitrogens with zero attached hydrogens (tertiary/aromatic N) is 3. The van der Waals surface area contributed by atoms with Crippen LogP contribution in [0.15, 0.2) is 36.5 Å². The molecule has 1 aromatic heterocycles. The highest BCUT2D eigenvalue weighted by Gasteiger charge is 2.35. The van der Waals surface area contributed by atoms with Gasteiger partial charge in [0.15, 0.2) is 17.8 Å². The molecule has 0 spiro atoms. The maximum atomic E-state index is 12.7. The molecule has 7 nitrogen and oxygen atoms in total. The third-order valence-electron chi connectivity index (χ3n) is 4.96. The van der Waals surface area contributed by atoms with Gasteiger partial charge >= 0.3 is 6.18 Å². The Morgan fingerprint density at radius 3 is 2.33 bits per heavy atom. The molecule has 0 radical (unpaired) electrons. The highest BCUT2D eigenvalue weighted by molar-refractivity contribution is 6.31. The number of Topliss-reactive ketones (excluding diaryl/α,β-unsaturated/α-hetero) is 1. The normalized spacial score (nSPS) is 15.5. The summed E-state index contributed by atoms with van der Waals surface area (Å²) in [5, 5.41) is 9.02. The van der Waals surface area contributed by atoms with Crippen molar-refractivity contribution in [3.8, 4) is 23.4 Å². The zero-order chi connectivity index (χ0) is 24.2. The zero-order valence-corrected chi connectivity index (χ0v) is 18.2. The molecule has 0 N–H and O–H groups in total. The summed E-state index contributed by atoms with van der Waals surface area (Å²) in [6.45, 7) is 2.50. The SMILES string of the molecule is CC(Oc1ccc(Oc2ncc(C(F)(F)F)cc2Cl)cc1)C(=O)C(C#N)C(=O)N1CCCC1. The van der Waals surface area contributed by atoms with Crippen molar-refractivity contribution < 1.29 is 32.2 Å². The van der Waals surface area contributed by atoms with Crippen molar-refractivity contribution in [1.29, 1.82) is 5.26 Å². The molecule has 0 saturated carbocycles. The fraction of sp³-hybridized carbons (Fsp3) is 0.364. The smallest absolute Gasteiger partial charge is 0.417 e. The van der Waals surface area contributed by atoms with E-state index in [0.717, 1.165) is 12.8 Å². The molecule has 0 bridgehead atoms. The van der Waals surface area contributed by atoms with Crippen molar-refractivity contribution in [1.82, 2.24) is 9.88 Å². The van der Waals surface area contributed by atoms with Gasteiger partial charge in [0.1, 0.15) is 16.5 Å². The van der Waals surface area contributed by atoms with Crippen LogP contribution < -0.4 is 9.47 Å². The minimum absolute atomic E-state index is 0.209. The highest BCUT2D eigenvalue weighted by atomic mass is 35.5. The van der Waals surface area contributed by atoms with Crippen LogP contribution in [0.25, 0.3) is 0 Å². The molecule has 2 heterocycles. The molecule has 2 aromatic rings. The summed E-state index contributed by atoms with van der Waals surface area (Å²) < 4.78 is 49.1. The van der Waals surface area contributed by atoms with E-state index >= 15 is 0 Å². The average Bonchev–Trinajstić information content (AvgIpc) is 3.31. The number of nitriles is 1. The number of alkyl halides is 3. The summed E-state index contributed by atoms with van der Waals surface area (Å²) in [7, 11) is 0. The first-order chi connectivity index (χ1) is 15.6. The van der Waals surface area contributed by atoms with Crippen LogP contribution >= 0.6 is 11.6 Å². The molecule has 2 atom stereocenters. The number of likely N-dealkylation sites (tertiary alicyclic amines) is 1. The Morgan fingerprint density at radius 1 is 1.18 bits per heavy atom. The maximum absolute atomic E-state index is 12.7. The van der Waals surface area contributed by atoms with E-state index in [1.54, 1.807) is 6.07 Å². The number of aromatic nitrogens is 1. The van der Waals surface area contributed by atoms with Crippen LogP contribution in [-0.4, -0.2) is 40.8 Å². The summed E-state index contributed by atoms with van der Waals surface area (Å²) >= 11 is 5.83. The average molecular weight is 482 g/mol. The van der Waals surface area contributed by atoms with E-state index in [1.165, 1.54) is 36.1 Å². The second-order valence-corrected chi connectivity index (χ2v) is 7.75. The standard InChI is InChI=1S/C22H19ClF3N3O4/c1-13(19(30)17(11-27)21(31)29-8-2-3-9-29)32-15-4-6-16(7-5-15)33-20-18(23)10-14(12-28-20)22(24,25)26/h4-7,10,12-13,17H,2-3,8-9H2,1H3. The molecule has 0 aliphatic carbocycles. The van der Waals surface area contributed by atoms with E-state index in [4.69, 9.17) is 21.1 Å². The Kier molecular flexibility index (Phi) is 7.43. The number of ether oxygens (including phenoxy) is 2. The van der Waals surface area contributed by atoms with Gasteiger partial charge in [-0.3, -0.25) is 9.59 Å². The molecule has 174 valence electrons. The molecule has 1 amide bonds. The van der Waals surface area contributed by atoms with Gasteiger partial charge in [0.2, 0.25) is 11.8 Å². The van der Waals surface area contributed by atoms with Gasteiger partial charge in [-0.25, -0.2) is 4.98 Å². The second kappa shape index (κ2) is 10.1. The van der Waals surface area contributed by atoms with Crippen molar-refractivity contribution in [2.75, 3.05) is 13.1 Å². The number of ketones is 1. The predicted molar refractivity (Wildman–Crippen MR) is 111 cm³/mol. The highest BCUT2D eigenvalue weighted by Crippen LogP contribution is 2.35. The van der Waals surface area contributed by atoms with E-state index in [0.29, 0.717) is 25.4 Å². The molecule has 1 aromatic carbocycles. The molecule has 33 heavy (non-hydrogen) atoms. The molecule has 1 aliphatic heterocycles. The van der Waals surface area contributed by atoms with Crippen LogP contribution in [-0.2, 0) is 15.8 Å². The third-order valence-corrected chi connectivity index (χ3v) is 5.24. The fourth-order valence-electron chi connectivity index (χ4n) is 3.21. The Labute approximate surface area is 192 Å². The molecular weight excluding hydrogens is 463 g/mol. The number of carbonyl (C=O) groups is 2. The summed E-state index contributed by atoms with van der Waals surface area (Å²) in [5.41, 5.74) is -0.999. The molecule has 1 fully saturated rings. The van der Waals surface area contributed by atoms with Crippen LogP contribution in [0.2, 0.25) is 5.02 Å². The van der Waals surface area contributed by atoms with E-state index in [-0.39, 0.29) is 22.4 Å². The van der Waals surface area contributed by atoms with E-state index in [2.05, 4.69) is 4.98 Å². The lowest BCUT2D eigenvalue weighted by molar-refractivity contribution is -0.141. The number of hydrogen-bond donors (Lipinski definition) is 0. The Morgan fingerprint density at radius 2 is 1.79 bits per heavy atom. The van der Waals surface area contributed by atoms with Gasteiger partial charge in [-0.15, -0.1) is 0 Å². The lowest BCUT2D eigenvalue weighted by atomic mass is 10.0.